The maximum absolute atomic E-state index is 7.35. The summed E-state index contributed by atoms with van der Waals surface area (Å²) in [7, 11) is 0. The van der Waals surface area contributed by atoms with E-state index in [4.69, 9.17) is 4.42 Å². The van der Waals surface area contributed by atoms with Crippen LogP contribution in [0.1, 0.15) is 0 Å². The molecule has 0 saturated carbocycles. The highest BCUT2D eigenvalue weighted by atomic mass is 16.3. The van der Waals surface area contributed by atoms with E-state index in [-0.39, 0.29) is 0 Å². The minimum absolute atomic E-state index is 0.853. The third-order valence-electron chi connectivity index (χ3n) is 11.3. The molecule has 0 bridgehead atoms. The van der Waals surface area contributed by atoms with Gasteiger partial charge < -0.3 is 9.32 Å². The predicted molar refractivity (Wildman–Crippen MR) is 237 cm³/mol. The third-order valence-corrected chi connectivity index (χ3v) is 11.3. The molecular weight excluding hydrogens is 679 g/mol. The normalized spacial score (nSPS) is 11.6. The first-order chi connectivity index (χ1) is 27.8. The molecule has 0 spiro atoms. The van der Waals surface area contributed by atoms with Gasteiger partial charge in [-0.15, -0.1) is 0 Å². The van der Waals surface area contributed by atoms with Gasteiger partial charge in [0.15, 0.2) is 5.58 Å². The van der Waals surface area contributed by atoms with E-state index in [1.807, 2.05) is 0 Å². The molecule has 0 N–H and O–H groups in total. The summed E-state index contributed by atoms with van der Waals surface area (Å²) in [4.78, 5) is 2.40. The van der Waals surface area contributed by atoms with Crippen molar-refractivity contribution in [3.05, 3.63) is 212 Å². The van der Waals surface area contributed by atoms with E-state index >= 15 is 0 Å². The van der Waals surface area contributed by atoms with Crippen molar-refractivity contribution in [2.45, 2.75) is 0 Å². The lowest BCUT2D eigenvalue weighted by molar-refractivity contribution is 0.673. The monoisotopic (exact) mass is 713 g/mol. The van der Waals surface area contributed by atoms with Crippen molar-refractivity contribution in [2.24, 2.45) is 0 Å². The molecule has 1 heterocycles. The van der Waals surface area contributed by atoms with Crippen molar-refractivity contribution in [3.63, 3.8) is 0 Å². The number of benzene rings is 10. The molecule has 262 valence electrons. The van der Waals surface area contributed by atoms with Gasteiger partial charge in [-0.25, -0.2) is 0 Å². The highest BCUT2D eigenvalue weighted by molar-refractivity contribution is 6.31. The average Bonchev–Trinajstić information content (AvgIpc) is 3.68. The van der Waals surface area contributed by atoms with Crippen LogP contribution in [0, 0.1) is 0 Å². The summed E-state index contributed by atoms with van der Waals surface area (Å²) < 4.78 is 7.35. The van der Waals surface area contributed by atoms with Crippen LogP contribution in [0.4, 0.5) is 17.1 Å². The maximum Gasteiger partial charge on any atom is 0.160 e. The van der Waals surface area contributed by atoms with Crippen LogP contribution in [0.25, 0.3) is 87.6 Å². The SMILES string of the molecule is c1ccc(-c2ccc(N(c3ccc(-c4ccccc4)cc3)c3c(-c4cccc5ccccc45)ccc4c3oc3c5ccccc5c5ccccc5c43)cc2)cc1. The number of hydrogen-bond acceptors (Lipinski definition) is 2. The topological polar surface area (TPSA) is 16.4 Å². The Kier molecular flexibility index (Phi) is 7.53. The Morgan fingerprint density at radius 2 is 0.768 bits per heavy atom. The van der Waals surface area contributed by atoms with Gasteiger partial charge in [-0.1, -0.05) is 182 Å². The molecule has 2 nitrogen and oxygen atoms in total. The standard InChI is InChI=1S/C54H35NO/c1-3-14-36(15-4-1)38-26-30-41(31-27-38)55(42-32-28-39(29-33-42)37-16-5-2-6-17-37)52-48(44-25-13-19-40-18-7-8-20-43(40)44)34-35-50-51-47-23-11-9-21-45(47)46-22-10-12-24-49(46)53(51)56-54(50)52/h1-35H. The molecule has 2 heteroatoms. The summed E-state index contributed by atoms with van der Waals surface area (Å²) in [6, 6.07) is 76.3. The summed E-state index contributed by atoms with van der Waals surface area (Å²) in [6.45, 7) is 0. The molecule has 11 rings (SSSR count). The Balaban J connectivity index is 1.25. The van der Waals surface area contributed by atoms with Gasteiger partial charge in [0.2, 0.25) is 0 Å². The van der Waals surface area contributed by atoms with Gasteiger partial charge in [0.05, 0.1) is 5.69 Å². The zero-order valence-electron chi connectivity index (χ0n) is 30.6. The second kappa shape index (κ2) is 13.2. The second-order valence-electron chi connectivity index (χ2n) is 14.4. The van der Waals surface area contributed by atoms with E-state index in [1.54, 1.807) is 0 Å². The maximum atomic E-state index is 7.35. The molecule has 0 aliphatic carbocycles. The smallest absolute Gasteiger partial charge is 0.160 e. The van der Waals surface area contributed by atoms with Crippen LogP contribution in [0.3, 0.4) is 0 Å². The van der Waals surface area contributed by atoms with E-state index in [9.17, 15) is 0 Å². The van der Waals surface area contributed by atoms with E-state index in [0.717, 1.165) is 55.5 Å². The van der Waals surface area contributed by atoms with Crippen LogP contribution in [-0.2, 0) is 0 Å². The number of rotatable bonds is 6. The van der Waals surface area contributed by atoms with Gasteiger partial charge in [-0.05, 0) is 85.1 Å². The number of hydrogen-bond donors (Lipinski definition) is 0. The van der Waals surface area contributed by atoms with Crippen LogP contribution < -0.4 is 4.90 Å². The Labute approximate surface area is 325 Å². The highest BCUT2D eigenvalue weighted by Crippen LogP contribution is 2.51. The molecule has 0 atom stereocenters. The van der Waals surface area contributed by atoms with Gasteiger partial charge in [0.1, 0.15) is 5.58 Å². The molecule has 0 aliphatic heterocycles. The van der Waals surface area contributed by atoms with Crippen molar-refractivity contribution in [2.75, 3.05) is 4.90 Å². The van der Waals surface area contributed by atoms with Crippen LogP contribution >= 0.6 is 0 Å². The molecule has 1 aromatic heterocycles. The molecule has 0 fully saturated rings. The van der Waals surface area contributed by atoms with Gasteiger partial charge in [0.25, 0.3) is 0 Å². The fourth-order valence-corrected chi connectivity index (χ4v) is 8.63. The molecule has 0 aliphatic rings. The molecule has 10 aromatic carbocycles. The molecule has 0 radical (unpaired) electrons. The van der Waals surface area contributed by atoms with Crippen LogP contribution in [-0.4, -0.2) is 0 Å². The van der Waals surface area contributed by atoms with Crippen molar-refractivity contribution >= 4 is 71.3 Å². The van der Waals surface area contributed by atoms with E-state index < -0.39 is 0 Å². The number of fused-ring (bicyclic) bond motifs is 9. The van der Waals surface area contributed by atoms with E-state index in [0.29, 0.717) is 0 Å². The minimum atomic E-state index is 0.853. The Morgan fingerprint density at radius 1 is 0.286 bits per heavy atom. The van der Waals surface area contributed by atoms with E-state index in [2.05, 4.69) is 217 Å². The van der Waals surface area contributed by atoms with Crippen molar-refractivity contribution in [1.29, 1.82) is 0 Å². The minimum Gasteiger partial charge on any atom is -0.453 e. The van der Waals surface area contributed by atoms with Crippen molar-refractivity contribution in [3.8, 4) is 33.4 Å². The first-order valence-electron chi connectivity index (χ1n) is 19.2. The number of furan rings is 1. The summed E-state index contributed by atoms with van der Waals surface area (Å²) >= 11 is 0. The molecule has 0 unspecified atom stereocenters. The summed E-state index contributed by atoms with van der Waals surface area (Å²) in [6.07, 6.45) is 0. The van der Waals surface area contributed by atoms with Crippen LogP contribution in [0.2, 0.25) is 0 Å². The predicted octanol–water partition coefficient (Wildman–Crippen LogP) is 15.5. The zero-order valence-corrected chi connectivity index (χ0v) is 30.6. The Bertz CT molecular complexity index is 3130. The third kappa shape index (κ3) is 5.19. The lowest BCUT2D eigenvalue weighted by Crippen LogP contribution is -2.11. The van der Waals surface area contributed by atoms with Crippen molar-refractivity contribution in [1.82, 2.24) is 0 Å². The Hall–Kier alpha value is -7.42. The second-order valence-corrected chi connectivity index (χ2v) is 14.4. The Morgan fingerprint density at radius 3 is 1.39 bits per heavy atom. The lowest BCUT2D eigenvalue weighted by atomic mass is 9.93. The molecule has 0 amide bonds. The van der Waals surface area contributed by atoms with Gasteiger partial charge in [-0.2, -0.15) is 0 Å². The quantitative estimate of drug-likeness (QED) is 0.160. The summed E-state index contributed by atoms with van der Waals surface area (Å²) in [5.74, 6) is 0. The number of anilines is 3. The van der Waals surface area contributed by atoms with Crippen LogP contribution in [0.5, 0.6) is 0 Å². The average molecular weight is 714 g/mol. The molecule has 0 saturated heterocycles. The molecule has 11 aromatic rings. The summed E-state index contributed by atoms with van der Waals surface area (Å²) in [5, 5.41) is 9.34. The first-order valence-corrected chi connectivity index (χ1v) is 19.2. The van der Waals surface area contributed by atoms with Crippen LogP contribution in [0.15, 0.2) is 217 Å². The summed E-state index contributed by atoms with van der Waals surface area (Å²) in [5.41, 5.74) is 11.8. The lowest BCUT2D eigenvalue weighted by Gasteiger charge is -2.28. The van der Waals surface area contributed by atoms with Gasteiger partial charge in [0, 0.05) is 33.1 Å². The van der Waals surface area contributed by atoms with Gasteiger partial charge >= 0.3 is 0 Å². The fourth-order valence-electron chi connectivity index (χ4n) is 8.63. The van der Waals surface area contributed by atoms with Gasteiger partial charge in [-0.3, -0.25) is 0 Å². The zero-order chi connectivity index (χ0) is 37.0. The first kappa shape index (κ1) is 32.0. The fraction of sp³-hybridized carbons (Fsp3) is 0. The molecule has 56 heavy (non-hydrogen) atoms. The van der Waals surface area contributed by atoms with Crippen molar-refractivity contribution < 1.29 is 4.42 Å². The highest BCUT2D eigenvalue weighted by Gasteiger charge is 2.26. The number of nitrogens with zero attached hydrogens (tertiary/aromatic N) is 1. The van der Waals surface area contributed by atoms with E-state index in [1.165, 1.54) is 49.2 Å². The largest absolute Gasteiger partial charge is 0.453 e. The molecular formula is C54H35NO.